The first-order valence-corrected chi connectivity index (χ1v) is 24.4. The molecule has 4 heterocycles. The molecule has 0 fully saturated rings. The number of benzene rings is 2. The molecule has 0 spiro atoms. The molecule has 20 nitrogen and oxygen atoms in total. The van der Waals surface area contributed by atoms with Gasteiger partial charge in [-0.25, -0.2) is 27.2 Å². The van der Waals surface area contributed by atoms with Crippen molar-refractivity contribution in [3.63, 3.8) is 0 Å². The highest BCUT2D eigenvalue weighted by Gasteiger charge is 2.47. The molecule has 0 bridgehead atoms. The first-order chi connectivity index (χ1) is 35.0. The van der Waals surface area contributed by atoms with Gasteiger partial charge in [-0.1, -0.05) is 20.8 Å². The van der Waals surface area contributed by atoms with Crippen molar-refractivity contribution < 1.29 is 61.2 Å². The lowest BCUT2D eigenvalue weighted by Crippen LogP contribution is -2.43. The van der Waals surface area contributed by atoms with E-state index in [1.54, 1.807) is 27.7 Å². The highest BCUT2D eigenvalue weighted by atomic mass is 35.5. The Morgan fingerprint density at radius 2 is 1.25 bits per heavy atom. The third-order valence-corrected chi connectivity index (χ3v) is 11.8. The average molecular weight is 1080 g/mol. The summed E-state index contributed by atoms with van der Waals surface area (Å²) in [7, 11) is 8.65. The number of amides is 4. The first-order valence-electron chi connectivity index (χ1n) is 24.1. The van der Waals surface area contributed by atoms with Gasteiger partial charge in [0.15, 0.2) is 5.82 Å². The molecule has 2 atom stereocenters. The van der Waals surface area contributed by atoms with Gasteiger partial charge in [0.05, 0.1) is 59.4 Å². The molecule has 4 amide bonds. The number of hydrogen-bond donors (Lipinski definition) is 5. The Morgan fingerprint density at radius 1 is 0.760 bits per heavy atom. The van der Waals surface area contributed by atoms with E-state index in [0.29, 0.717) is 41.2 Å². The number of fused-ring (bicyclic) bond motifs is 2. The Labute approximate surface area is 441 Å². The standard InChI is InChI=1S/C20H25F2N5O3.C18H17ClF2N4O4.C6H15N.C5H13NO.CH4O/c1-11(9-26(4)5)30-19(29)27-10-14-16(20(27,2)3)24-25-17(14)23-18(28)13-7-6-12(21)8-15(13)22;1-4-29-17(28)25-14(22-15(26)10-6-5-9(20)7-12(10)21)11-8-24(16(19)27)18(2,3)13(11)23-25;1-4-7(5-2)6-3;1-5(7)4-6(2)3;1-2/h6-8,11H,9-10H2,1-5H3,(H2,23,24,25,28);5-7H,4,8H2,1-3H3,(H,22,26);4-6H2,1-3H3;5,7H,4H2,1-3H3;2H,1H3/t11-;;;5-;/m0..0./s1. The lowest BCUT2D eigenvalue weighted by Gasteiger charge is -2.32. The molecule has 0 saturated heterocycles. The monoisotopic (exact) mass is 1080 g/mol. The average Bonchev–Trinajstić information content (AvgIpc) is 4.03. The number of aromatic nitrogens is 4. The third-order valence-electron chi connectivity index (χ3n) is 11.6. The Hall–Kier alpha value is -6.18. The van der Waals surface area contributed by atoms with Gasteiger partial charge in [0, 0.05) is 43.5 Å². The van der Waals surface area contributed by atoms with Crippen LogP contribution in [0, 0.1) is 23.3 Å². The zero-order chi connectivity index (χ0) is 57.3. The molecule has 0 unspecified atom stereocenters. The molecule has 0 radical (unpaired) electrons. The van der Waals surface area contributed by atoms with Gasteiger partial charge < -0.3 is 49.9 Å². The number of nitrogens with zero attached hydrogens (tertiary/aromatic N) is 8. The summed E-state index contributed by atoms with van der Waals surface area (Å²) < 4.78 is 65.4. The number of halogens is 5. The predicted octanol–water partition coefficient (Wildman–Crippen LogP) is 7.79. The summed E-state index contributed by atoms with van der Waals surface area (Å²) in [5.74, 6) is -5.24. The SMILES string of the molecule is CCN(CC)CC.CCOC(=O)n1nc2c(c1NC(=O)c1ccc(F)cc1F)CN(C(=O)Cl)C2(C)C.CO.C[C@@H](CN(C)C)OC(=O)N1Cc2c(NC(=O)c3ccc(F)cc3F)n[nH]c2C1(C)C.C[C@H](O)CN(C)C. The molecule has 6 rings (SSSR count). The zero-order valence-corrected chi connectivity index (χ0v) is 46.3. The van der Waals surface area contributed by atoms with Gasteiger partial charge in [0.1, 0.15) is 35.2 Å². The first kappa shape index (κ1) is 64.9. The van der Waals surface area contributed by atoms with Gasteiger partial charge in [-0.15, -0.1) is 4.68 Å². The molecular weight excluding hydrogens is 1010 g/mol. The van der Waals surface area contributed by atoms with Crippen LogP contribution in [-0.4, -0.2) is 171 Å². The molecule has 418 valence electrons. The Morgan fingerprint density at radius 3 is 1.67 bits per heavy atom. The van der Waals surface area contributed by atoms with Crippen LogP contribution >= 0.6 is 11.6 Å². The second-order valence-electron chi connectivity index (χ2n) is 18.6. The number of H-pyrrole nitrogens is 1. The number of rotatable bonds is 13. The van der Waals surface area contributed by atoms with Gasteiger partial charge >= 0.3 is 17.6 Å². The fraction of sp³-hybridized carbons (Fsp3) is 0.540. The van der Waals surface area contributed by atoms with Crippen molar-refractivity contribution in [1.29, 1.82) is 0 Å². The normalized spacial score (nSPS) is 14.4. The van der Waals surface area contributed by atoms with Crippen LogP contribution in [0.3, 0.4) is 0 Å². The van der Waals surface area contributed by atoms with Crippen molar-refractivity contribution in [2.24, 2.45) is 0 Å². The lowest BCUT2D eigenvalue weighted by atomic mass is 10.0. The van der Waals surface area contributed by atoms with Gasteiger partial charge in [-0.3, -0.25) is 24.4 Å². The largest absolute Gasteiger partial charge is 0.448 e. The number of carbonyl (C=O) groups excluding carboxylic acids is 5. The summed E-state index contributed by atoms with van der Waals surface area (Å²) in [5.41, 5.74) is -0.517. The fourth-order valence-electron chi connectivity index (χ4n) is 7.90. The van der Waals surface area contributed by atoms with E-state index in [1.807, 2.05) is 58.8 Å². The van der Waals surface area contributed by atoms with Crippen molar-refractivity contribution >= 4 is 52.6 Å². The summed E-state index contributed by atoms with van der Waals surface area (Å²) in [6, 6.07) is 5.18. The smallest absolute Gasteiger partial charge is 0.436 e. The Bertz CT molecular complexity index is 2540. The minimum absolute atomic E-state index is 0.0361. The maximum absolute atomic E-state index is 14.0. The summed E-state index contributed by atoms with van der Waals surface area (Å²) in [4.78, 5) is 70.9. The minimum atomic E-state index is -1.07. The van der Waals surface area contributed by atoms with E-state index in [9.17, 15) is 41.5 Å². The van der Waals surface area contributed by atoms with Crippen LogP contribution < -0.4 is 10.6 Å². The van der Waals surface area contributed by atoms with Crippen LogP contribution in [0.2, 0.25) is 0 Å². The summed E-state index contributed by atoms with van der Waals surface area (Å²) >= 11 is 5.65. The molecule has 0 aliphatic carbocycles. The van der Waals surface area contributed by atoms with Gasteiger partial charge in [-0.2, -0.15) is 10.2 Å². The zero-order valence-electron chi connectivity index (χ0n) is 45.5. The lowest BCUT2D eigenvalue weighted by molar-refractivity contribution is 0.0329. The van der Waals surface area contributed by atoms with E-state index in [-0.39, 0.29) is 49.1 Å². The molecule has 4 aromatic rings. The number of nitrogens with one attached hydrogen (secondary N) is 3. The van der Waals surface area contributed by atoms with Crippen molar-refractivity contribution in [3.05, 3.63) is 93.3 Å². The molecule has 2 aromatic carbocycles. The van der Waals surface area contributed by atoms with Crippen LogP contribution in [0.25, 0.3) is 0 Å². The topological polar surface area (TPSA) is 231 Å². The number of aromatic amines is 1. The van der Waals surface area contributed by atoms with Crippen LogP contribution in [-0.2, 0) is 33.6 Å². The van der Waals surface area contributed by atoms with Crippen molar-refractivity contribution in [2.75, 3.05) is 85.3 Å². The summed E-state index contributed by atoms with van der Waals surface area (Å²) in [6.07, 6.45) is -1.85. The molecule has 5 N–H and O–H groups in total. The van der Waals surface area contributed by atoms with E-state index in [1.165, 1.54) is 29.4 Å². The molecule has 2 aromatic heterocycles. The van der Waals surface area contributed by atoms with Crippen LogP contribution in [0.15, 0.2) is 36.4 Å². The molecular formula is C50H74ClF4N11O9. The predicted molar refractivity (Wildman–Crippen MR) is 277 cm³/mol. The summed E-state index contributed by atoms with van der Waals surface area (Å²) in [5, 5.41) is 31.0. The van der Waals surface area contributed by atoms with Gasteiger partial charge in [0.2, 0.25) is 0 Å². The second-order valence-corrected chi connectivity index (χ2v) is 18.9. The van der Waals surface area contributed by atoms with Crippen LogP contribution in [0.1, 0.15) is 112 Å². The molecule has 2 aliphatic rings. The van der Waals surface area contributed by atoms with Gasteiger partial charge in [-0.05, 0) is 132 Å². The van der Waals surface area contributed by atoms with Crippen molar-refractivity contribution in [1.82, 2.24) is 44.5 Å². The number of anilines is 2. The van der Waals surface area contributed by atoms with Crippen molar-refractivity contribution in [3.8, 4) is 0 Å². The summed E-state index contributed by atoms with van der Waals surface area (Å²) in [6.45, 7) is 23.8. The number of hydrogen-bond acceptors (Lipinski definition) is 14. The van der Waals surface area contributed by atoms with E-state index >= 15 is 0 Å². The second kappa shape index (κ2) is 29.2. The molecule has 25 heteroatoms. The highest BCUT2D eigenvalue weighted by Crippen LogP contribution is 2.43. The number of carbonyl (C=O) groups is 5. The Kier molecular flexibility index (Phi) is 25.3. The van der Waals surface area contributed by atoms with E-state index < -0.39 is 69.3 Å². The number of ether oxygens (including phenoxy) is 2. The molecule has 2 aliphatic heterocycles. The number of aliphatic hydroxyl groups is 2. The third kappa shape index (κ3) is 17.4. The molecule has 0 saturated carbocycles. The number of aliphatic hydroxyl groups excluding tert-OH is 2. The quantitative estimate of drug-likeness (QED) is 0.0489. The Balaban J connectivity index is 0.000000399. The molecule has 75 heavy (non-hydrogen) atoms. The maximum Gasteiger partial charge on any atom is 0.436 e. The van der Waals surface area contributed by atoms with Crippen LogP contribution in [0.4, 0.5) is 43.6 Å². The van der Waals surface area contributed by atoms with Crippen LogP contribution in [0.5, 0.6) is 0 Å². The van der Waals surface area contributed by atoms with E-state index in [4.69, 9.17) is 31.3 Å². The van der Waals surface area contributed by atoms with Gasteiger partial charge in [0.25, 0.3) is 11.8 Å². The van der Waals surface area contributed by atoms with Crippen molar-refractivity contribution in [2.45, 2.75) is 106 Å². The maximum atomic E-state index is 14.0. The minimum Gasteiger partial charge on any atom is -0.448 e. The van der Waals surface area contributed by atoms with E-state index in [2.05, 4.69) is 51.6 Å². The fourth-order valence-corrected chi connectivity index (χ4v) is 8.17. The highest BCUT2D eigenvalue weighted by molar-refractivity contribution is 6.62. The number of likely N-dealkylation sites (N-methyl/N-ethyl adjacent to an activating group) is 2. The van der Waals surface area contributed by atoms with E-state index in [0.717, 1.165) is 42.6 Å².